The van der Waals surface area contributed by atoms with Crippen LogP contribution in [0, 0.1) is 0 Å². The van der Waals surface area contributed by atoms with Gasteiger partial charge in [-0.25, -0.2) is 0 Å². The predicted octanol–water partition coefficient (Wildman–Crippen LogP) is 4.75. The fourth-order valence-electron chi connectivity index (χ4n) is 4.73. The van der Waals surface area contributed by atoms with Crippen LogP contribution in [0.25, 0.3) is 0 Å². The van der Waals surface area contributed by atoms with Crippen LogP contribution in [0.5, 0.6) is 5.75 Å². The number of carbonyl (C=O) groups is 2. The fraction of sp³-hybridized carbons (Fsp3) is 0.517. The van der Waals surface area contributed by atoms with E-state index in [2.05, 4.69) is 15.1 Å². The van der Waals surface area contributed by atoms with Gasteiger partial charge in [-0.15, -0.1) is 0 Å². The number of piperazine rings is 1. The molecule has 1 fully saturated rings. The van der Waals surface area contributed by atoms with Gasteiger partial charge in [0, 0.05) is 38.7 Å². The summed E-state index contributed by atoms with van der Waals surface area (Å²) < 4.78 is 11.5. The summed E-state index contributed by atoms with van der Waals surface area (Å²) >= 11 is 12.6. The van der Waals surface area contributed by atoms with E-state index in [1.54, 1.807) is 20.9 Å². The zero-order valence-electron chi connectivity index (χ0n) is 23.0. The second-order valence-corrected chi connectivity index (χ2v) is 11.3. The summed E-state index contributed by atoms with van der Waals surface area (Å²) in [6, 6.07) is 11.6. The number of likely N-dealkylation sites (N-methyl/N-ethyl adjacent to an activating group) is 1. The maximum atomic E-state index is 12.6. The number of unbranched alkanes of at least 4 members (excludes halogenated alkanes) is 1. The van der Waals surface area contributed by atoms with Crippen molar-refractivity contribution < 1.29 is 19.1 Å². The van der Waals surface area contributed by atoms with Crippen molar-refractivity contribution in [3.05, 3.63) is 52.0 Å². The molecule has 39 heavy (non-hydrogen) atoms. The van der Waals surface area contributed by atoms with Crippen molar-refractivity contribution in [1.29, 1.82) is 0 Å². The van der Waals surface area contributed by atoms with Crippen LogP contribution in [0.1, 0.15) is 38.7 Å². The van der Waals surface area contributed by atoms with Crippen molar-refractivity contribution in [2.24, 2.45) is 0 Å². The first-order valence-electron chi connectivity index (χ1n) is 13.5. The van der Waals surface area contributed by atoms with Crippen LogP contribution in [-0.4, -0.2) is 75.4 Å². The Morgan fingerprint density at radius 1 is 1.03 bits per heavy atom. The maximum absolute atomic E-state index is 12.6. The number of hydrogen-bond donors (Lipinski definition) is 1. The largest absolute Gasteiger partial charge is 0.494 e. The molecule has 0 aromatic heterocycles. The number of hydrogen-bond acceptors (Lipinski definition) is 7. The summed E-state index contributed by atoms with van der Waals surface area (Å²) in [6.45, 7) is 8.77. The number of benzene rings is 2. The minimum Gasteiger partial charge on any atom is -0.494 e. The number of nitrogens with zero attached hydrogens (tertiary/aromatic N) is 3. The van der Waals surface area contributed by atoms with Crippen molar-refractivity contribution >= 4 is 46.5 Å². The van der Waals surface area contributed by atoms with E-state index in [9.17, 15) is 9.59 Å². The Morgan fingerprint density at radius 2 is 1.79 bits per heavy atom. The first-order chi connectivity index (χ1) is 18.7. The smallest absolute Gasteiger partial charge is 0.327 e. The number of amides is 1. The third-order valence-corrected chi connectivity index (χ3v) is 8.31. The first-order valence-corrected chi connectivity index (χ1v) is 14.3. The molecule has 8 nitrogen and oxygen atoms in total. The van der Waals surface area contributed by atoms with E-state index in [-0.39, 0.29) is 12.6 Å². The number of esters is 1. The second kappa shape index (κ2) is 13.2. The van der Waals surface area contributed by atoms with Crippen LogP contribution in [0.4, 0.5) is 11.4 Å². The number of anilines is 2. The minimum absolute atomic E-state index is 0.0626. The van der Waals surface area contributed by atoms with Gasteiger partial charge in [-0.2, -0.15) is 0 Å². The van der Waals surface area contributed by atoms with Gasteiger partial charge < -0.3 is 19.7 Å². The van der Waals surface area contributed by atoms with Gasteiger partial charge in [-0.1, -0.05) is 35.3 Å². The highest BCUT2D eigenvalue weighted by atomic mass is 35.5. The topological polar surface area (TPSA) is 74.3 Å². The molecule has 0 aliphatic carbocycles. The molecule has 0 unspecified atom stereocenters. The average Bonchev–Trinajstić information content (AvgIpc) is 2.94. The zero-order chi connectivity index (χ0) is 28.0. The third kappa shape index (κ3) is 7.37. The summed E-state index contributed by atoms with van der Waals surface area (Å²) in [6.07, 6.45) is 3.01. The molecule has 2 aliphatic rings. The SMILES string of the molecule is CNC(C)(C)C(=O)OCN1C(=O)CCc2ccc(OCCCCN3CCN(c4cccc(Cl)c4Cl)CC3)cc21. The Balaban J connectivity index is 1.22. The number of carbonyl (C=O) groups excluding carboxylic acids is 2. The molecule has 1 saturated heterocycles. The molecule has 4 rings (SSSR count). The van der Waals surface area contributed by atoms with Gasteiger partial charge in [0.05, 0.1) is 28.0 Å². The predicted molar refractivity (Wildman–Crippen MR) is 156 cm³/mol. The van der Waals surface area contributed by atoms with Crippen molar-refractivity contribution in [1.82, 2.24) is 10.2 Å². The average molecular weight is 578 g/mol. The lowest BCUT2D eigenvalue weighted by atomic mass is 10.0. The van der Waals surface area contributed by atoms with Crippen molar-refractivity contribution in [2.75, 3.05) is 62.9 Å². The maximum Gasteiger partial charge on any atom is 0.327 e. The molecule has 0 atom stereocenters. The molecular weight excluding hydrogens is 539 g/mol. The summed E-state index contributed by atoms with van der Waals surface area (Å²) in [7, 11) is 1.70. The van der Waals surface area contributed by atoms with Gasteiger partial charge in [0.25, 0.3) is 0 Å². The van der Waals surface area contributed by atoms with Crippen LogP contribution >= 0.6 is 23.2 Å². The van der Waals surface area contributed by atoms with Crippen molar-refractivity contribution in [3.63, 3.8) is 0 Å². The van der Waals surface area contributed by atoms with Crippen LogP contribution in [0.3, 0.4) is 0 Å². The van der Waals surface area contributed by atoms with Crippen LogP contribution in [0.2, 0.25) is 10.0 Å². The van der Waals surface area contributed by atoms with Crippen LogP contribution in [-0.2, 0) is 20.7 Å². The Hall–Kier alpha value is -2.52. The molecule has 1 amide bonds. The number of nitrogens with one attached hydrogen (secondary N) is 1. The summed E-state index contributed by atoms with van der Waals surface area (Å²) in [5.74, 6) is 0.238. The summed E-state index contributed by atoms with van der Waals surface area (Å²) in [4.78, 5) is 31.3. The minimum atomic E-state index is -0.829. The molecule has 0 radical (unpaired) electrons. The quantitative estimate of drug-likeness (QED) is 0.305. The van der Waals surface area contributed by atoms with Gasteiger partial charge in [0.1, 0.15) is 11.3 Å². The third-order valence-electron chi connectivity index (χ3n) is 7.50. The standard InChI is InChI=1S/C29H38Cl2N4O4/c1-29(2,32-3)28(37)39-20-35-25-19-22(11-9-21(25)10-12-26(35)36)38-18-5-4-13-33-14-16-34(17-15-33)24-8-6-7-23(30)27(24)31/h6-9,11,19,32H,4-5,10,12-18,20H2,1-3H3. The lowest BCUT2D eigenvalue weighted by molar-refractivity contribution is -0.150. The summed E-state index contributed by atoms with van der Waals surface area (Å²) in [5, 5.41) is 4.14. The van der Waals surface area contributed by atoms with Gasteiger partial charge in [-0.05, 0) is 70.5 Å². The Bertz CT molecular complexity index is 1170. The van der Waals surface area contributed by atoms with Gasteiger partial charge in [-0.3, -0.25) is 19.4 Å². The number of fused-ring (bicyclic) bond motifs is 1. The molecule has 0 bridgehead atoms. The van der Waals surface area contributed by atoms with Crippen molar-refractivity contribution in [2.45, 2.75) is 45.1 Å². The first kappa shape index (κ1) is 29.5. The lowest BCUT2D eigenvalue weighted by Gasteiger charge is -2.36. The molecule has 1 N–H and O–H groups in total. The van der Waals surface area contributed by atoms with E-state index in [0.717, 1.165) is 62.5 Å². The van der Waals surface area contributed by atoms with E-state index in [4.69, 9.17) is 32.7 Å². The molecule has 2 aromatic rings. The number of ether oxygens (including phenoxy) is 2. The second-order valence-electron chi connectivity index (χ2n) is 10.5. The molecule has 2 aliphatic heterocycles. The van der Waals surface area contributed by atoms with Crippen LogP contribution < -0.4 is 19.9 Å². The zero-order valence-corrected chi connectivity index (χ0v) is 24.5. The van der Waals surface area contributed by atoms with E-state index in [1.165, 1.54) is 4.90 Å². The Kier molecular flexibility index (Phi) is 9.99. The van der Waals surface area contributed by atoms with Gasteiger partial charge >= 0.3 is 5.97 Å². The normalized spacial score (nSPS) is 16.3. The van der Waals surface area contributed by atoms with E-state index in [0.29, 0.717) is 35.2 Å². The molecule has 2 heterocycles. The molecule has 212 valence electrons. The molecule has 10 heteroatoms. The molecule has 0 spiro atoms. The van der Waals surface area contributed by atoms with Gasteiger partial charge in [0.15, 0.2) is 6.73 Å². The fourth-order valence-corrected chi connectivity index (χ4v) is 5.15. The van der Waals surface area contributed by atoms with Crippen LogP contribution in [0.15, 0.2) is 36.4 Å². The molecule has 2 aromatic carbocycles. The van der Waals surface area contributed by atoms with Gasteiger partial charge in [0.2, 0.25) is 5.91 Å². The highest BCUT2D eigenvalue weighted by molar-refractivity contribution is 6.43. The Morgan fingerprint density at radius 3 is 2.54 bits per heavy atom. The Labute approximate surface area is 241 Å². The van der Waals surface area contributed by atoms with E-state index >= 15 is 0 Å². The molecule has 0 saturated carbocycles. The number of rotatable bonds is 11. The van der Waals surface area contributed by atoms with Crippen molar-refractivity contribution in [3.8, 4) is 5.75 Å². The monoisotopic (exact) mass is 576 g/mol. The highest BCUT2D eigenvalue weighted by Crippen LogP contribution is 2.33. The van der Waals surface area contributed by atoms with E-state index in [1.807, 2.05) is 36.4 Å². The number of aryl methyl sites for hydroxylation is 1. The highest BCUT2D eigenvalue weighted by Gasteiger charge is 2.30. The summed E-state index contributed by atoms with van der Waals surface area (Å²) in [5.41, 5.74) is 1.97. The van der Waals surface area contributed by atoms with E-state index < -0.39 is 11.5 Å². The number of halogens is 2. The molecular formula is C29H38Cl2N4O4. The lowest BCUT2D eigenvalue weighted by Crippen LogP contribution is -2.47.